The number of anilines is 1. The summed E-state index contributed by atoms with van der Waals surface area (Å²) in [5, 5.41) is 4.32. The Kier molecular flexibility index (Phi) is 7.65. The molecule has 0 saturated heterocycles. The molecule has 0 unspecified atom stereocenters. The van der Waals surface area contributed by atoms with E-state index in [0.29, 0.717) is 22.9 Å². The molecule has 0 aliphatic carbocycles. The van der Waals surface area contributed by atoms with Gasteiger partial charge in [-0.15, -0.1) is 11.3 Å². The first-order chi connectivity index (χ1) is 14.5. The van der Waals surface area contributed by atoms with Gasteiger partial charge in [0, 0.05) is 18.5 Å². The van der Waals surface area contributed by atoms with Crippen LogP contribution in [-0.2, 0) is 16.0 Å². The standard InChI is InChI=1S/C22H24ClN3O3S/c1-26(14-20(27)24-17-13-15(23)11-12-18(17)29-2)22(28)10-6-5-9-21-25-16-7-3-4-8-19(16)30-21/h3-4,7-8,11-13H,5-6,9-10,14H2,1-2H3,(H,24,27). The maximum absolute atomic E-state index is 12.3. The molecule has 0 fully saturated rings. The van der Waals surface area contributed by atoms with E-state index in [-0.39, 0.29) is 18.4 Å². The molecule has 2 aromatic carbocycles. The number of carbonyl (C=O) groups excluding carboxylic acids is 2. The van der Waals surface area contributed by atoms with Crippen molar-refractivity contribution in [3.63, 3.8) is 0 Å². The van der Waals surface area contributed by atoms with Crippen molar-refractivity contribution >= 4 is 50.7 Å². The lowest BCUT2D eigenvalue weighted by Crippen LogP contribution is -2.34. The average Bonchev–Trinajstić information content (AvgIpc) is 3.14. The van der Waals surface area contributed by atoms with Gasteiger partial charge in [0.25, 0.3) is 0 Å². The number of carbonyl (C=O) groups is 2. The van der Waals surface area contributed by atoms with Crippen LogP contribution in [0.25, 0.3) is 10.2 Å². The van der Waals surface area contributed by atoms with E-state index in [9.17, 15) is 9.59 Å². The number of unbranched alkanes of at least 4 members (excludes halogenated alkanes) is 1. The largest absolute Gasteiger partial charge is 0.495 e. The van der Waals surface area contributed by atoms with Crippen molar-refractivity contribution < 1.29 is 14.3 Å². The lowest BCUT2D eigenvalue weighted by Gasteiger charge is -2.17. The third-order valence-corrected chi connectivity index (χ3v) is 5.94. The second-order valence-electron chi connectivity index (χ2n) is 6.93. The van der Waals surface area contributed by atoms with Crippen molar-refractivity contribution in [2.45, 2.75) is 25.7 Å². The molecule has 3 aromatic rings. The Hall–Kier alpha value is -2.64. The van der Waals surface area contributed by atoms with Gasteiger partial charge < -0.3 is 15.0 Å². The van der Waals surface area contributed by atoms with Gasteiger partial charge in [-0.1, -0.05) is 23.7 Å². The van der Waals surface area contributed by atoms with Crippen molar-refractivity contribution in [3.8, 4) is 5.75 Å². The lowest BCUT2D eigenvalue weighted by molar-refractivity contribution is -0.133. The average molecular weight is 446 g/mol. The number of fused-ring (bicyclic) bond motifs is 1. The molecule has 3 rings (SSSR count). The van der Waals surface area contributed by atoms with Crippen molar-refractivity contribution in [2.24, 2.45) is 0 Å². The molecule has 30 heavy (non-hydrogen) atoms. The van der Waals surface area contributed by atoms with Crippen LogP contribution in [0.1, 0.15) is 24.3 Å². The number of hydrogen-bond acceptors (Lipinski definition) is 5. The number of ether oxygens (including phenoxy) is 1. The SMILES string of the molecule is COc1ccc(Cl)cc1NC(=O)CN(C)C(=O)CCCCc1nc2ccccc2s1. The second kappa shape index (κ2) is 10.4. The molecular formula is C22H24ClN3O3S. The number of aromatic nitrogens is 1. The molecule has 2 amide bonds. The van der Waals surface area contributed by atoms with Crippen LogP contribution in [0.5, 0.6) is 5.75 Å². The molecule has 158 valence electrons. The van der Waals surface area contributed by atoms with Gasteiger partial charge >= 0.3 is 0 Å². The molecule has 0 radical (unpaired) electrons. The zero-order valence-corrected chi connectivity index (χ0v) is 18.6. The normalized spacial score (nSPS) is 10.8. The van der Waals surface area contributed by atoms with Crippen LogP contribution in [-0.4, -0.2) is 42.4 Å². The monoisotopic (exact) mass is 445 g/mol. The quantitative estimate of drug-likeness (QED) is 0.481. The van der Waals surface area contributed by atoms with Gasteiger partial charge in [-0.05, 0) is 49.6 Å². The Bertz CT molecular complexity index is 1000. The highest BCUT2D eigenvalue weighted by atomic mass is 35.5. The summed E-state index contributed by atoms with van der Waals surface area (Å²) in [5.74, 6) is 0.143. The van der Waals surface area contributed by atoms with E-state index in [1.807, 2.05) is 18.2 Å². The summed E-state index contributed by atoms with van der Waals surface area (Å²) in [6.07, 6.45) is 2.88. The minimum Gasteiger partial charge on any atom is -0.495 e. The highest BCUT2D eigenvalue weighted by molar-refractivity contribution is 7.18. The number of thiazole rings is 1. The van der Waals surface area contributed by atoms with Gasteiger partial charge in [-0.3, -0.25) is 9.59 Å². The number of hydrogen-bond donors (Lipinski definition) is 1. The first-order valence-electron chi connectivity index (χ1n) is 9.68. The Morgan fingerprint density at radius 3 is 2.77 bits per heavy atom. The number of benzene rings is 2. The number of amides is 2. The molecule has 0 aliphatic heterocycles. The molecule has 0 bridgehead atoms. The number of likely N-dealkylation sites (N-methyl/N-ethyl adjacent to an activating group) is 1. The van der Waals surface area contributed by atoms with E-state index in [0.717, 1.165) is 29.8 Å². The van der Waals surface area contributed by atoms with Gasteiger partial charge in [0.2, 0.25) is 11.8 Å². The highest BCUT2D eigenvalue weighted by Gasteiger charge is 2.15. The van der Waals surface area contributed by atoms with Gasteiger partial charge in [0.05, 0.1) is 34.6 Å². The van der Waals surface area contributed by atoms with Crippen LogP contribution in [0.2, 0.25) is 5.02 Å². The highest BCUT2D eigenvalue weighted by Crippen LogP contribution is 2.27. The number of aryl methyl sites for hydroxylation is 1. The summed E-state index contributed by atoms with van der Waals surface area (Å²) >= 11 is 7.67. The number of para-hydroxylation sites is 1. The molecule has 0 atom stereocenters. The topological polar surface area (TPSA) is 71.5 Å². The number of halogens is 1. The van der Waals surface area contributed by atoms with E-state index in [1.165, 1.54) is 16.7 Å². The Labute approximate surface area is 184 Å². The van der Waals surface area contributed by atoms with E-state index in [2.05, 4.69) is 16.4 Å². The summed E-state index contributed by atoms with van der Waals surface area (Å²) in [7, 11) is 3.15. The second-order valence-corrected chi connectivity index (χ2v) is 8.48. The Morgan fingerprint density at radius 2 is 2.00 bits per heavy atom. The van der Waals surface area contributed by atoms with Crippen LogP contribution < -0.4 is 10.1 Å². The maximum atomic E-state index is 12.3. The lowest BCUT2D eigenvalue weighted by atomic mass is 10.2. The summed E-state index contributed by atoms with van der Waals surface area (Å²) in [6.45, 7) is -0.0353. The molecule has 8 heteroatoms. The molecule has 6 nitrogen and oxygen atoms in total. The summed E-state index contributed by atoms with van der Waals surface area (Å²) in [5.41, 5.74) is 1.50. The predicted octanol–water partition coefficient (Wildman–Crippen LogP) is 4.77. The van der Waals surface area contributed by atoms with Crippen molar-refractivity contribution in [1.82, 2.24) is 9.88 Å². The first-order valence-corrected chi connectivity index (χ1v) is 10.9. The van der Waals surface area contributed by atoms with Crippen molar-refractivity contribution in [3.05, 3.63) is 52.5 Å². The third kappa shape index (κ3) is 5.93. The number of nitrogens with zero attached hydrogens (tertiary/aromatic N) is 2. The minimum absolute atomic E-state index is 0.0353. The van der Waals surface area contributed by atoms with E-state index < -0.39 is 0 Å². The van der Waals surface area contributed by atoms with Crippen LogP contribution in [0.15, 0.2) is 42.5 Å². The molecule has 1 heterocycles. The predicted molar refractivity (Wildman–Crippen MR) is 121 cm³/mol. The number of methoxy groups -OCH3 is 1. The van der Waals surface area contributed by atoms with Crippen molar-refractivity contribution in [1.29, 1.82) is 0 Å². The Morgan fingerprint density at radius 1 is 1.20 bits per heavy atom. The van der Waals surface area contributed by atoms with E-state index >= 15 is 0 Å². The minimum atomic E-state index is -0.305. The van der Waals surface area contributed by atoms with Crippen LogP contribution >= 0.6 is 22.9 Å². The Balaban J connectivity index is 1.42. The molecule has 0 saturated carbocycles. The molecule has 1 aromatic heterocycles. The van der Waals surface area contributed by atoms with Crippen LogP contribution in [0.3, 0.4) is 0 Å². The maximum Gasteiger partial charge on any atom is 0.244 e. The molecule has 0 spiro atoms. The van der Waals surface area contributed by atoms with Gasteiger partial charge in [0.15, 0.2) is 0 Å². The van der Waals surface area contributed by atoms with Crippen molar-refractivity contribution in [2.75, 3.05) is 26.0 Å². The molecule has 1 N–H and O–H groups in total. The van der Waals surface area contributed by atoms with E-state index in [4.69, 9.17) is 16.3 Å². The fraction of sp³-hybridized carbons (Fsp3) is 0.318. The third-order valence-electron chi connectivity index (χ3n) is 4.61. The summed E-state index contributed by atoms with van der Waals surface area (Å²) in [4.78, 5) is 30.7. The summed E-state index contributed by atoms with van der Waals surface area (Å²) < 4.78 is 6.40. The molecular weight excluding hydrogens is 422 g/mol. The zero-order valence-electron chi connectivity index (χ0n) is 17.0. The van der Waals surface area contributed by atoms with Crippen LogP contribution in [0.4, 0.5) is 5.69 Å². The fourth-order valence-electron chi connectivity index (χ4n) is 3.04. The molecule has 0 aliphatic rings. The zero-order chi connectivity index (χ0) is 21.5. The van der Waals surface area contributed by atoms with Crippen LogP contribution in [0, 0.1) is 0 Å². The fourth-order valence-corrected chi connectivity index (χ4v) is 4.22. The van der Waals surface area contributed by atoms with Gasteiger partial charge in [-0.2, -0.15) is 0 Å². The smallest absolute Gasteiger partial charge is 0.244 e. The van der Waals surface area contributed by atoms with Gasteiger partial charge in [0.1, 0.15) is 5.75 Å². The summed E-state index contributed by atoms with van der Waals surface area (Å²) in [6, 6.07) is 13.0. The van der Waals surface area contributed by atoms with E-state index in [1.54, 1.807) is 36.6 Å². The first kappa shape index (κ1) is 22.1. The number of nitrogens with one attached hydrogen (secondary N) is 1. The number of rotatable bonds is 9. The van der Waals surface area contributed by atoms with Gasteiger partial charge in [-0.25, -0.2) is 4.98 Å².